The lowest BCUT2D eigenvalue weighted by Gasteiger charge is -2.28. The molecule has 0 spiro atoms. The number of aryl methyl sites for hydroxylation is 1. The number of aromatic nitrogens is 1. The van der Waals surface area contributed by atoms with Gasteiger partial charge in [-0.05, 0) is 63.1 Å². The molecule has 2 aromatic heterocycles. The smallest absolute Gasteiger partial charge is 0.409 e. The molecule has 7 nitrogen and oxygen atoms in total. The summed E-state index contributed by atoms with van der Waals surface area (Å²) in [5.41, 5.74) is 2.32. The molecule has 0 aliphatic heterocycles. The van der Waals surface area contributed by atoms with E-state index in [2.05, 4.69) is 13.8 Å². The zero-order chi connectivity index (χ0) is 25.5. The Balaban J connectivity index is 1.66. The van der Waals surface area contributed by atoms with Gasteiger partial charge in [-0.2, -0.15) is 0 Å². The minimum Gasteiger partial charge on any atom is -0.489 e. The average Bonchev–Trinajstić information content (AvgIpc) is 3.22. The van der Waals surface area contributed by atoms with E-state index in [4.69, 9.17) is 30.8 Å². The van der Waals surface area contributed by atoms with Crippen molar-refractivity contribution in [2.75, 3.05) is 20.7 Å². The number of amides is 1. The van der Waals surface area contributed by atoms with E-state index in [1.165, 1.54) is 18.4 Å². The Morgan fingerprint density at radius 3 is 2.74 bits per heavy atom. The van der Waals surface area contributed by atoms with Gasteiger partial charge in [-0.25, -0.2) is 9.78 Å². The van der Waals surface area contributed by atoms with Gasteiger partial charge in [0, 0.05) is 19.2 Å². The molecule has 0 unspecified atom stereocenters. The third-order valence-corrected chi connectivity index (χ3v) is 7.54. The minimum absolute atomic E-state index is 0.0435. The molecule has 0 radical (unpaired) electrons. The molecular formula is C26H35ClN2O5S. The molecule has 0 N–H and O–H groups in total. The topological polar surface area (TPSA) is 78.0 Å². The normalized spacial score (nSPS) is 17.8. The molecule has 192 valence electrons. The van der Waals surface area contributed by atoms with Crippen LogP contribution in [0.5, 0.6) is 5.75 Å². The summed E-state index contributed by atoms with van der Waals surface area (Å²) in [6, 6.07) is 5.62. The van der Waals surface area contributed by atoms with Crippen molar-refractivity contribution in [3.05, 3.63) is 33.8 Å². The number of pyridine rings is 1. The van der Waals surface area contributed by atoms with E-state index >= 15 is 0 Å². The monoisotopic (exact) mass is 522 g/mol. The number of carbonyl (C=O) groups is 2. The van der Waals surface area contributed by atoms with Gasteiger partial charge in [-0.15, -0.1) is 11.3 Å². The highest BCUT2D eigenvalue weighted by Crippen LogP contribution is 2.37. The highest BCUT2D eigenvalue weighted by molar-refractivity contribution is 7.19. The lowest BCUT2D eigenvalue weighted by atomic mass is 9.87. The molecule has 0 aromatic carbocycles. The van der Waals surface area contributed by atoms with Crippen LogP contribution in [0.15, 0.2) is 18.2 Å². The van der Waals surface area contributed by atoms with Gasteiger partial charge in [-0.3, -0.25) is 4.79 Å². The Morgan fingerprint density at radius 2 is 2.06 bits per heavy atom. The quantitative estimate of drug-likeness (QED) is 0.350. The van der Waals surface area contributed by atoms with Crippen molar-refractivity contribution in [3.63, 3.8) is 0 Å². The zero-order valence-corrected chi connectivity index (χ0v) is 22.7. The van der Waals surface area contributed by atoms with Crippen molar-refractivity contribution < 1.29 is 23.8 Å². The van der Waals surface area contributed by atoms with Crippen molar-refractivity contribution in [2.45, 2.75) is 65.6 Å². The molecule has 0 bridgehead atoms. The maximum Gasteiger partial charge on any atom is 0.409 e. The van der Waals surface area contributed by atoms with Gasteiger partial charge in [0.15, 0.2) is 0 Å². The lowest BCUT2D eigenvalue weighted by Crippen LogP contribution is -2.30. The van der Waals surface area contributed by atoms with Crippen LogP contribution in [0.3, 0.4) is 0 Å². The molecule has 3 rings (SSSR count). The second kappa shape index (κ2) is 12.6. The van der Waals surface area contributed by atoms with Crippen LogP contribution in [0.25, 0.3) is 10.6 Å². The van der Waals surface area contributed by atoms with Crippen LogP contribution in [0.4, 0.5) is 4.79 Å². The Morgan fingerprint density at radius 1 is 1.29 bits per heavy atom. The Kier molecular flexibility index (Phi) is 9.80. The second-order valence-corrected chi connectivity index (χ2v) is 11.2. The number of thiophene rings is 1. The first-order valence-corrected chi connectivity index (χ1v) is 13.3. The maximum atomic E-state index is 12.4. The molecule has 1 aliphatic rings. The van der Waals surface area contributed by atoms with Crippen molar-refractivity contribution in [1.29, 1.82) is 0 Å². The van der Waals surface area contributed by atoms with Crippen molar-refractivity contribution in [2.24, 2.45) is 11.8 Å². The minimum atomic E-state index is -0.357. The summed E-state index contributed by atoms with van der Waals surface area (Å²) in [6.07, 6.45) is 3.83. The van der Waals surface area contributed by atoms with Gasteiger partial charge in [0.25, 0.3) is 0 Å². The van der Waals surface area contributed by atoms with Gasteiger partial charge in [-0.1, -0.05) is 25.4 Å². The van der Waals surface area contributed by atoms with Crippen molar-refractivity contribution in [3.8, 4) is 16.3 Å². The standard InChI is InChI=1S/C26H35ClN2O5S/c1-16(2)11-12-29(4)26(31)33-15-19-14-23(27)35-24(19)21-9-10-22(17(3)28-21)34-20-8-6-7-18(13-20)25(30)32-5/h9-10,14,16,18,20H,6-8,11-13,15H2,1-5H3/t18-,20-/m0/s1. The van der Waals surface area contributed by atoms with Crippen LogP contribution >= 0.6 is 22.9 Å². The van der Waals surface area contributed by atoms with E-state index in [0.717, 1.165) is 47.5 Å². The number of rotatable bonds is 9. The highest BCUT2D eigenvalue weighted by Gasteiger charge is 2.29. The van der Waals surface area contributed by atoms with Gasteiger partial charge in [0.1, 0.15) is 12.4 Å². The van der Waals surface area contributed by atoms with Crippen LogP contribution in [0.1, 0.15) is 57.2 Å². The fraction of sp³-hybridized carbons (Fsp3) is 0.577. The molecule has 1 aliphatic carbocycles. The predicted molar refractivity (Wildman–Crippen MR) is 138 cm³/mol. The molecule has 9 heteroatoms. The first kappa shape index (κ1) is 27.3. The fourth-order valence-electron chi connectivity index (χ4n) is 4.12. The van der Waals surface area contributed by atoms with E-state index in [-0.39, 0.29) is 30.7 Å². The molecular weight excluding hydrogens is 488 g/mol. The first-order chi connectivity index (χ1) is 16.7. The number of ether oxygens (including phenoxy) is 3. The van der Waals surface area contributed by atoms with Crippen LogP contribution in [0, 0.1) is 18.8 Å². The lowest BCUT2D eigenvalue weighted by molar-refractivity contribution is -0.147. The molecule has 0 saturated heterocycles. The molecule has 35 heavy (non-hydrogen) atoms. The molecule has 1 fully saturated rings. The molecule has 1 amide bonds. The number of hydrogen-bond donors (Lipinski definition) is 0. The van der Waals surface area contributed by atoms with Crippen LogP contribution in [-0.2, 0) is 20.9 Å². The van der Waals surface area contributed by atoms with Gasteiger partial charge in [0.05, 0.1) is 39.7 Å². The van der Waals surface area contributed by atoms with Gasteiger partial charge >= 0.3 is 12.1 Å². The van der Waals surface area contributed by atoms with E-state index in [1.807, 2.05) is 25.1 Å². The fourth-order valence-corrected chi connectivity index (χ4v) is 5.35. The molecule has 1 saturated carbocycles. The molecule has 2 heterocycles. The van der Waals surface area contributed by atoms with Crippen LogP contribution in [-0.4, -0.2) is 48.8 Å². The van der Waals surface area contributed by atoms with E-state index in [9.17, 15) is 9.59 Å². The molecule has 2 atom stereocenters. The van der Waals surface area contributed by atoms with E-state index in [1.54, 1.807) is 11.9 Å². The van der Waals surface area contributed by atoms with Gasteiger partial charge in [0.2, 0.25) is 0 Å². The summed E-state index contributed by atoms with van der Waals surface area (Å²) in [6.45, 7) is 6.92. The summed E-state index contributed by atoms with van der Waals surface area (Å²) < 4.78 is 17.3. The number of halogens is 1. The van der Waals surface area contributed by atoms with Crippen LogP contribution < -0.4 is 4.74 Å². The number of carbonyl (C=O) groups excluding carboxylic acids is 2. The largest absolute Gasteiger partial charge is 0.489 e. The Labute approximate surface area is 216 Å². The number of nitrogens with zero attached hydrogens (tertiary/aromatic N) is 2. The average molecular weight is 523 g/mol. The first-order valence-electron chi connectivity index (χ1n) is 12.1. The summed E-state index contributed by atoms with van der Waals surface area (Å²) >= 11 is 7.71. The third-order valence-electron chi connectivity index (χ3n) is 6.21. The predicted octanol–water partition coefficient (Wildman–Crippen LogP) is 6.50. The number of esters is 1. The third kappa shape index (κ3) is 7.58. The SMILES string of the molecule is COC(=O)[C@H]1CCC[C@H](Oc2ccc(-c3sc(Cl)cc3COC(=O)N(C)CCC(C)C)nc2C)C1. The van der Waals surface area contributed by atoms with Gasteiger partial charge < -0.3 is 19.1 Å². The van der Waals surface area contributed by atoms with E-state index in [0.29, 0.717) is 29.0 Å². The van der Waals surface area contributed by atoms with E-state index < -0.39 is 0 Å². The molecule has 2 aromatic rings. The summed E-state index contributed by atoms with van der Waals surface area (Å²) in [7, 11) is 3.17. The summed E-state index contributed by atoms with van der Waals surface area (Å²) in [4.78, 5) is 31.5. The Bertz CT molecular complexity index is 1030. The zero-order valence-electron chi connectivity index (χ0n) is 21.1. The second-order valence-electron chi connectivity index (χ2n) is 9.47. The number of methoxy groups -OCH3 is 1. The van der Waals surface area contributed by atoms with Crippen molar-refractivity contribution >= 4 is 35.0 Å². The Hall–Kier alpha value is -2.32. The maximum absolute atomic E-state index is 12.4. The summed E-state index contributed by atoms with van der Waals surface area (Å²) in [5, 5.41) is 0. The van der Waals surface area contributed by atoms with Crippen LogP contribution in [0.2, 0.25) is 4.34 Å². The highest BCUT2D eigenvalue weighted by atomic mass is 35.5. The summed E-state index contributed by atoms with van der Waals surface area (Å²) in [5.74, 6) is 0.930. The van der Waals surface area contributed by atoms with Crippen molar-refractivity contribution in [1.82, 2.24) is 9.88 Å². The number of hydrogen-bond acceptors (Lipinski definition) is 7.